The molecule has 0 aliphatic heterocycles. The van der Waals surface area contributed by atoms with Crippen LogP contribution in [0.5, 0.6) is 0 Å². The van der Waals surface area contributed by atoms with Crippen molar-refractivity contribution in [3.8, 4) is 10.6 Å². The minimum absolute atomic E-state index is 0.152. The number of thiazole rings is 1. The van der Waals surface area contributed by atoms with Gasteiger partial charge in [0.15, 0.2) is 5.78 Å². The number of hydrogen-bond acceptors (Lipinski definition) is 3. The van der Waals surface area contributed by atoms with E-state index in [9.17, 15) is 13.6 Å². The summed E-state index contributed by atoms with van der Waals surface area (Å²) in [6.07, 6.45) is 0. The SMILES string of the molecule is Cc1ccc(C(=O)c2cccc(F)c2-c2nc3ccc(F)cc3s2)cc1. The molecule has 0 spiro atoms. The number of ketones is 1. The predicted octanol–water partition coefficient (Wildman–Crippen LogP) is 5.78. The van der Waals surface area contributed by atoms with E-state index in [2.05, 4.69) is 4.98 Å². The number of aryl methyl sites for hydroxylation is 1. The maximum absolute atomic E-state index is 14.6. The van der Waals surface area contributed by atoms with Crippen molar-refractivity contribution in [2.45, 2.75) is 6.92 Å². The third-order valence-electron chi connectivity index (χ3n) is 4.14. The van der Waals surface area contributed by atoms with E-state index in [0.29, 0.717) is 20.8 Å². The lowest BCUT2D eigenvalue weighted by molar-refractivity contribution is 0.103. The Labute approximate surface area is 152 Å². The van der Waals surface area contributed by atoms with E-state index in [1.165, 1.54) is 24.3 Å². The Balaban J connectivity index is 1.88. The Morgan fingerprint density at radius 1 is 1.00 bits per heavy atom. The van der Waals surface area contributed by atoms with Gasteiger partial charge in [-0.25, -0.2) is 13.8 Å². The highest BCUT2D eigenvalue weighted by molar-refractivity contribution is 7.21. The Bertz CT molecular complexity index is 1130. The largest absolute Gasteiger partial charge is 0.289 e. The first-order chi connectivity index (χ1) is 12.5. The Kier molecular flexibility index (Phi) is 4.09. The van der Waals surface area contributed by atoms with Crippen molar-refractivity contribution in [1.82, 2.24) is 4.98 Å². The summed E-state index contributed by atoms with van der Waals surface area (Å²) in [5.41, 5.74) is 2.49. The summed E-state index contributed by atoms with van der Waals surface area (Å²) in [5.74, 6) is -1.18. The van der Waals surface area contributed by atoms with Gasteiger partial charge in [-0.15, -0.1) is 11.3 Å². The predicted molar refractivity (Wildman–Crippen MR) is 99.6 cm³/mol. The van der Waals surface area contributed by atoms with Crippen LogP contribution in [0.25, 0.3) is 20.8 Å². The van der Waals surface area contributed by atoms with Crippen molar-refractivity contribution in [1.29, 1.82) is 0 Å². The molecule has 0 atom stereocenters. The third kappa shape index (κ3) is 2.91. The van der Waals surface area contributed by atoms with Crippen LogP contribution in [0.1, 0.15) is 21.5 Å². The molecule has 0 fully saturated rings. The maximum atomic E-state index is 14.6. The van der Waals surface area contributed by atoms with E-state index in [0.717, 1.165) is 16.9 Å². The van der Waals surface area contributed by atoms with Gasteiger partial charge in [-0.3, -0.25) is 4.79 Å². The second kappa shape index (κ2) is 6.42. The van der Waals surface area contributed by atoms with Crippen LogP contribution in [0.15, 0.2) is 60.7 Å². The number of fused-ring (bicyclic) bond motifs is 1. The molecule has 5 heteroatoms. The van der Waals surface area contributed by atoms with Crippen molar-refractivity contribution in [3.63, 3.8) is 0 Å². The normalized spacial score (nSPS) is 11.0. The second-order valence-corrected chi connectivity index (χ2v) is 7.02. The quantitative estimate of drug-likeness (QED) is 0.431. The smallest absolute Gasteiger partial charge is 0.193 e. The van der Waals surface area contributed by atoms with E-state index in [-0.39, 0.29) is 22.7 Å². The van der Waals surface area contributed by atoms with Crippen LogP contribution in [-0.4, -0.2) is 10.8 Å². The molecular formula is C21H13F2NOS. The number of halogens is 2. The van der Waals surface area contributed by atoms with Crippen molar-refractivity contribution >= 4 is 27.3 Å². The van der Waals surface area contributed by atoms with Gasteiger partial charge in [0.2, 0.25) is 0 Å². The van der Waals surface area contributed by atoms with Crippen molar-refractivity contribution in [3.05, 3.63) is 89.0 Å². The van der Waals surface area contributed by atoms with Crippen LogP contribution in [0.4, 0.5) is 8.78 Å². The molecule has 0 radical (unpaired) electrons. The van der Waals surface area contributed by atoms with Crippen LogP contribution in [0.3, 0.4) is 0 Å². The van der Waals surface area contributed by atoms with E-state index in [1.807, 2.05) is 19.1 Å². The molecule has 3 aromatic carbocycles. The molecule has 0 N–H and O–H groups in total. The fraction of sp³-hybridized carbons (Fsp3) is 0.0476. The Morgan fingerprint density at radius 3 is 2.54 bits per heavy atom. The fourth-order valence-electron chi connectivity index (χ4n) is 2.80. The highest BCUT2D eigenvalue weighted by atomic mass is 32.1. The molecule has 1 aromatic heterocycles. The van der Waals surface area contributed by atoms with Crippen molar-refractivity contribution in [2.75, 3.05) is 0 Å². The number of carbonyl (C=O) groups is 1. The van der Waals surface area contributed by atoms with Gasteiger partial charge in [0.25, 0.3) is 0 Å². The van der Waals surface area contributed by atoms with Gasteiger partial charge in [-0.2, -0.15) is 0 Å². The van der Waals surface area contributed by atoms with Gasteiger partial charge < -0.3 is 0 Å². The summed E-state index contributed by atoms with van der Waals surface area (Å²) in [6, 6.07) is 15.7. The first kappa shape index (κ1) is 16.5. The molecule has 0 aliphatic rings. The van der Waals surface area contributed by atoms with Crippen LogP contribution in [-0.2, 0) is 0 Å². The molecule has 1 heterocycles. The maximum Gasteiger partial charge on any atom is 0.193 e. The lowest BCUT2D eigenvalue weighted by atomic mass is 9.97. The Hall–Kier alpha value is -2.92. The summed E-state index contributed by atoms with van der Waals surface area (Å²) in [6.45, 7) is 1.93. The first-order valence-electron chi connectivity index (χ1n) is 7.99. The molecule has 0 bridgehead atoms. The molecule has 0 saturated heterocycles. The van der Waals surface area contributed by atoms with Gasteiger partial charge in [0.1, 0.15) is 16.6 Å². The molecule has 0 unspecified atom stereocenters. The van der Waals surface area contributed by atoms with Crippen LogP contribution < -0.4 is 0 Å². The molecule has 4 aromatic rings. The molecule has 0 aliphatic carbocycles. The molecule has 2 nitrogen and oxygen atoms in total. The zero-order valence-electron chi connectivity index (χ0n) is 13.8. The number of nitrogens with zero attached hydrogens (tertiary/aromatic N) is 1. The zero-order chi connectivity index (χ0) is 18.3. The minimum Gasteiger partial charge on any atom is -0.289 e. The zero-order valence-corrected chi connectivity index (χ0v) is 14.6. The van der Waals surface area contributed by atoms with Crippen molar-refractivity contribution < 1.29 is 13.6 Å². The average Bonchev–Trinajstić information content (AvgIpc) is 3.04. The number of benzene rings is 3. The van der Waals surface area contributed by atoms with Crippen LogP contribution in [0.2, 0.25) is 0 Å². The standard InChI is InChI=1S/C21H13F2NOS/c1-12-5-7-13(8-6-12)20(25)15-3-2-4-16(23)19(15)21-24-17-10-9-14(22)11-18(17)26-21/h2-11H,1H3. The molecule has 0 amide bonds. The fourth-order valence-corrected chi connectivity index (χ4v) is 3.85. The van der Waals surface area contributed by atoms with Crippen LogP contribution in [0, 0.1) is 18.6 Å². The van der Waals surface area contributed by atoms with Gasteiger partial charge in [0, 0.05) is 11.1 Å². The molecule has 0 saturated carbocycles. The Morgan fingerprint density at radius 2 is 1.77 bits per heavy atom. The molecular weight excluding hydrogens is 352 g/mol. The highest BCUT2D eigenvalue weighted by Crippen LogP contribution is 2.35. The highest BCUT2D eigenvalue weighted by Gasteiger charge is 2.21. The second-order valence-electron chi connectivity index (χ2n) is 5.99. The van der Waals surface area contributed by atoms with E-state index >= 15 is 0 Å². The van der Waals surface area contributed by atoms with Gasteiger partial charge in [-0.1, -0.05) is 42.0 Å². The van der Waals surface area contributed by atoms with Crippen molar-refractivity contribution in [2.24, 2.45) is 0 Å². The molecule has 26 heavy (non-hydrogen) atoms. The molecule has 4 rings (SSSR count). The minimum atomic E-state index is -0.525. The summed E-state index contributed by atoms with van der Waals surface area (Å²) in [7, 11) is 0. The van der Waals surface area contributed by atoms with E-state index in [1.54, 1.807) is 24.3 Å². The number of aromatic nitrogens is 1. The van der Waals surface area contributed by atoms with E-state index < -0.39 is 5.82 Å². The summed E-state index contributed by atoms with van der Waals surface area (Å²) in [5, 5.41) is 0.360. The first-order valence-corrected chi connectivity index (χ1v) is 8.81. The van der Waals surface area contributed by atoms with Gasteiger partial charge in [-0.05, 0) is 31.2 Å². The summed E-state index contributed by atoms with van der Waals surface area (Å²) in [4.78, 5) is 17.3. The number of carbonyl (C=O) groups excluding carboxylic acids is 1. The number of hydrogen-bond donors (Lipinski definition) is 0. The average molecular weight is 365 g/mol. The molecule has 128 valence electrons. The summed E-state index contributed by atoms with van der Waals surface area (Å²) >= 11 is 1.16. The van der Waals surface area contributed by atoms with Gasteiger partial charge in [0.05, 0.1) is 15.8 Å². The monoisotopic (exact) mass is 365 g/mol. The number of rotatable bonds is 3. The van der Waals surface area contributed by atoms with Gasteiger partial charge >= 0.3 is 0 Å². The lowest BCUT2D eigenvalue weighted by Gasteiger charge is -2.08. The lowest BCUT2D eigenvalue weighted by Crippen LogP contribution is -2.05. The van der Waals surface area contributed by atoms with Crippen LogP contribution >= 0.6 is 11.3 Å². The topological polar surface area (TPSA) is 30.0 Å². The third-order valence-corrected chi connectivity index (χ3v) is 5.17. The van der Waals surface area contributed by atoms with E-state index in [4.69, 9.17) is 0 Å². The summed E-state index contributed by atoms with van der Waals surface area (Å²) < 4.78 is 28.7.